The number of halogens is 1. The fourth-order valence-corrected chi connectivity index (χ4v) is 4.08. The molecule has 5 nitrogen and oxygen atoms in total. The van der Waals surface area contributed by atoms with Gasteiger partial charge in [0.05, 0.1) is 12.7 Å². The first-order valence-corrected chi connectivity index (χ1v) is 10.6. The summed E-state index contributed by atoms with van der Waals surface area (Å²) in [6.45, 7) is 4.96. The molecule has 2 heterocycles. The largest absolute Gasteiger partial charge is 0.381 e. The van der Waals surface area contributed by atoms with E-state index < -0.39 is 0 Å². The highest BCUT2D eigenvalue weighted by molar-refractivity contribution is 14.0. The van der Waals surface area contributed by atoms with Gasteiger partial charge in [0, 0.05) is 39.9 Å². The first-order valence-electron chi connectivity index (χ1n) is 10.6. The number of hydrogen-bond donors (Lipinski definition) is 1. The van der Waals surface area contributed by atoms with Crippen molar-refractivity contribution in [1.82, 2.24) is 10.2 Å². The van der Waals surface area contributed by atoms with Crippen molar-refractivity contribution in [3.8, 4) is 0 Å². The topological polar surface area (TPSA) is 46.1 Å². The summed E-state index contributed by atoms with van der Waals surface area (Å²) in [5, 5.41) is 3.54. The SMILES string of the molecule is CN=C(NCc1cccc(COC2CCOCC2)c1)N1CCc2ccccc2C1.I. The molecule has 4 rings (SSSR count). The van der Waals surface area contributed by atoms with Crippen LogP contribution in [0.2, 0.25) is 0 Å². The molecule has 0 aliphatic carbocycles. The molecule has 0 atom stereocenters. The van der Waals surface area contributed by atoms with Crippen LogP contribution in [-0.4, -0.2) is 43.8 Å². The van der Waals surface area contributed by atoms with Crippen LogP contribution in [0.25, 0.3) is 0 Å². The molecule has 0 spiro atoms. The molecule has 0 amide bonds. The van der Waals surface area contributed by atoms with Crippen LogP contribution in [0.3, 0.4) is 0 Å². The van der Waals surface area contributed by atoms with Gasteiger partial charge in [-0.3, -0.25) is 4.99 Å². The Labute approximate surface area is 196 Å². The molecule has 30 heavy (non-hydrogen) atoms. The number of benzene rings is 2. The summed E-state index contributed by atoms with van der Waals surface area (Å²) in [5.74, 6) is 0.961. The lowest BCUT2D eigenvalue weighted by Gasteiger charge is -2.31. The Morgan fingerprint density at radius 2 is 1.87 bits per heavy atom. The van der Waals surface area contributed by atoms with E-state index >= 15 is 0 Å². The summed E-state index contributed by atoms with van der Waals surface area (Å²) in [6.07, 6.45) is 3.38. The van der Waals surface area contributed by atoms with Crippen molar-refractivity contribution in [3.05, 3.63) is 70.8 Å². The van der Waals surface area contributed by atoms with Crippen LogP contribution >= 0.6 is 24.0 Å². The van der Waals surface area contributed by atoms with E-state index in [9.17, 15) is 0 Å². The Morgan fingerprint density at radius 3 is 2.67 bits per heavy atom. The lowest BCUT2D eigenvalue weighted by molar-refractivity contribution is -0.0390. The van der Waals surface area contributed by atoms with Crippen molar-refractivity contribution in [2.24, 2.45) is 4.99 Å². The van der Waals surface area contributed by atoms with Crippen LogP contribution in [0, 0.1) is 0 Å². The maximum absolute atomic E-state index is 6.07. The number of nitrogens with one attached hydrogen (secondary N) is 1. The second kappa shape index (κ2) is 11.7. The van der Waals surface area contributed by atoms with Gasteiger partial charge in [-0.05, 0) is 41.5 Å². The molecule has 0 aromatic heterocycles. The number of hydrogen-bond acceptors (Lipinski definition) is 3. The third kappa shape index (κ3) is 6.18. The smallest absolute Gasteiger partial charge is 0.194 e. The first kappa shape index (κ1) is 23.0. The van der Waals surface area contributed by atoms with Crippen LogP contribution in [0.5, 0.6) is 0 Å². The molecule has 6 heteroatoms. The summed E-state index contributed by atoms with van der Waals surface area (Å²) >= 11 is 0. The highest BCUT2D eigenvalue weighted by Crippen LogP contribution is 2.19. The standard InChI is InChI=1S/C24H31N3O2.HI/c1-25-24(27-12-9-21-7-2-3-8-22(21)17-27)26-16-19-5-4-6-20(15-19)18-29-23-10-13-28-14-11-23;/h2-8,15,23H,9-14,16-18H2,1H3,(H,25,26);1H. The van der Waals surface area contributed by atoms with Gasteiger partial charge in [0.2, 0.25) is 0 Å². The fraction of sp³-hybridized carbons (Fsp3) is 0.458. The average molecular weight is 521 g/mol. The van der Waals surface area contributed by atoms with E-state index in [2.05, 4.69) is 63.7 Å². The van der Waals surface area contributed by atoms with Gasteiger partial charge in [-0.15, -0.1) is 24.0 Å². The normalized spacial score (nSPS) is 17.2. The molecule has 2 aromatic carbocycles. The highest BCUT2D eigenvalue weighted by Gasteiger charge is 2.18. The van der Waals surface area contributed by atoms with Crippen molar-refractivity contribution < 1.29 is 9.47 Å². The molecule has 2 aliphatic rings. The van der Waals surface area contributed by atoms with Gasteiger partial charge in [0.15, 0.2) is 5.96 Å². The second-order valence-electron chi connectivity index (χ2n) is 7.78. The Kier molecular flexibility index (Phi) is 8.96. The third-order valence-electron chi connectivity index (χ3n) is 5.74. The van der Waals surface area contributed by atoms with Gasteiger partial charge < -0.3 is 19.7 Å². The van der Waals surface area contributed by atoms with Crippen molar-refractivity contribution in [3.63, 3.8) is 0 Å². The minimum Gasteiger partial charge on any atom is -0.381 e. The number of aliphatic imine (C=N–C) groups is 1. The number of ether oxygens (including phenoxy) is 2. The van der Waals surface area contributed by atoms with Gasteiger partial charge >= 0.3 is 0 Å². The Bertz CT molecular complexity index is 837. The Balaban J connectivity index is 0.00000256. The van der Waals surface area contributed by atoms with Gasteiger partial charge in [-0.25, -0.2) is 0 Å². The minimum atomic E-state index is 0. The molecule has 162 valence electrons. The monoisotopic (exact) mass is 521 g/mol. The quantitative estimate of drug-likeness (QED) is 0.365. The van der Waals surface area contributed by atoms with Gasteiger partial charge in [-0.2, -0.15) is 0 Å². The fourth-order valence-electron chi connectivity index (χ4n) is 4.08. The van der Waals surface area contributed by atoms with Crippen molar-refractivity contribution in [1.29, 1.82) is 0 Å². The third-order valence-corrected chi connectivity index (χ3v) is 5.74. The van der Waals surface area contributed by atoms with E-state index in [0.717, 1.165) is 58.1 Å². The van der Waals surface area contributed by atoms with E-state index in [-0.39, 0.29) is 24.0 Å². The van der Waals surface area contributed by atoms with E-state index in [4.69, 9.17) is 9.47 Å². The first-order chi connectivity index (χ1) is 14.3. The number of rotatable bonds is 5. The van der Waals surface area contributed by atoms with Crippen LogP contribution in [0.1, 0.15) is 35.1 Å². The average Bonchev–Trinajstić information content (AvgIpc) is 2.79. The highest BCUT2D eigenvalue weighted by atomic mass is 127. The number of guanidine groups is 1. The van der Waals surface area contributed by atoms with Crippen LogP contribution < -0.4 is 5.32 Å². The zero-order chi connectivity index (χ0) is 19.9. The van der Waals surface area contributed by atoms with E-state index in [1.54, 1.807) is 0 Å². The molecule has 0 saturated carbocycles. The van der Waals surface area contributed by atoms with E-state index in [0.29, 0.717) is 12.7 Å². The lowest BCUT2D eigenvalue weighted by Crippen LogP contribution is -2.43. The Hall–Kier alpha value is -1.64. The van der Waals surface area contributed by atoms with Crippen molar-refractivity contribution >= 4 is 29.9 Å². The molecular weight excluding hydrogens is 489 g/mol. The molecule has 0 bridgehead atoms. The summed E-state index contributed by atoms with van der Waals surface area (Å²) in [4.78, 5) is 6.85. The summed E-state index contributed by atoms with van der Waals surface area (Å²) in [6, 6.07) is 17.3. The zero-order valence-electron chi connectivity index (χ0n) is 17.7. The van der Waals surface area contributed by atoms with Crippen molar-refractivity contribution in [2.45, 2.75) is 45.1 Å². The Morgan fingerprint density at radius 1 is 1.10 bits per heavy atom. The predicted octanol–water partition coefficient (Wildman–Crippen LogP) is 4.13. The molecular formula is C24H32IN3O2. The lowest BCUT2D eigenvalue weighted by atomic mass is 10.0. The molecule has 1 fully saturated rings. The molecule has 2 aromatic rings. The zero-order valence-corrected chi connectivity index (χ0v) is 20.0. The van der Waals surface area contributed by atoms with Crippen molar-refractivity contribution in [2.75, 3.05) is 26.8 Å². The summed E-state index contributed by atoms with van der Waals surface area (Å²) < 4.78 is 11.5. The van der Waals surface area contributed by atoms with Crippen LogP contribution in [0.4, 0.5) is 0 Å². The molecule has 1 saturated heterocycles. The predicted molar refractivity (Wildman–Crippen MR) is 131 cm³/mol. The maximum atomic E-state index is 6.07. The minimum absolute atomic E-state index is 0. The summed E-state index contributed by atoms with van der Waals surface area (Å²) in [7, 11) is 1.86. The van der Waals surface area contributed by atoms with Gasteiger partial charge in [0.1, 0.15) is 0 Å². The second-order valence-corrected chi connectivity index (χ2v) is 7.78. The van der Waals surface area contributed by atoms with E-state index in [1.165, 1.54) is 22.3 Å². The maximum Gasteiger partial charge on any atom is 0.194 e. The van der Waals surface area contributed by atoms with Crippen LogP contribution in [0.15, 0.2) is 53.5 Å². The van der Waals surface area contributed by atoms with Gasteiger partial charge in [0.25, 0.3) is 0 Å². The van der Waals surface area contributed by atoms with E-state index in [1.807, 2.05) is 7.05 Å². The molecule has 2 aliphatic heterocycles. The van der Waals surface area contributed by atoms with Gasteiger partial charge in [-0.1, -0.05) is 48.5 Å². The number of fused-ring (bicyclic) bond motifs is 1. The molecule has 0 unspecified atom stereocenters. The molecule has 0 radical (unpaired) electrons. The molecule has 1 N–H and O–H groups in total. The van der Waals surface area contributed by atoms with Crippen LogP contribution in [-0.2, 0) is 35.6 Å². The number of nitrogens with zero attached hydrogens (tertiary/aromatic N) is 2. The summed E-state index contributed by atoms with van der Waals surface area (Å²) in [5.41, 5.74) is 5.32.